The molecule has 1 aliphatic rings. The van der Waals surface area contributed by atoms with Gasteiger partial charge in [0.1, 0.15) is 12.7 Å². The lowest BCUT2D eigenvalue weighted by molar-refractivity contribution is -0.294. The van der Waals surface area contributed by atoms with Gasteiger partial charge in [0.15, 0.2) is 12.2 Å². The third-order valence-electron chi connectivity index (χ3n) is 4.63. The summed E-state index contributed by atoms with van der Waals surface area (Å²) in [5, 5.41) is 2.49. The lowest BCUT2D eigenvalue weighted by atomic mass is 9.98. The molecule has 1 heterocycles. The van der Waals surface area contributed by atoms with Crippen LogP contribution in [-0.4, -0.2) is 73.1 Å². The van der Waals surface area contributed by atoms with E-state index in [1.165, 1.54) is 25.1 Å². The molecule has 5 atom stereocenters. The molecule has 196 valence electrons. The molecule has 13 heteroatoms. The summed E-state index contributed by atoms with van der Waals surface area (Å²) in [6, 6.07) is 5.94. The average Bonchev–Trinajstić information content (AvgIpc) is 2.75. The number of anilines is 1. The van der Waals surface area contributed by atoms with Crippen LogP contribution in [0.2, 0.25) is 0 Å². The third kappa shape index (κ3) is 8.05. The molecule has 2 rings (SSSR count). The van der Waals surface area contributed by atoms with Gasteiger partial charge in [-0.15, -0.1) is 0 Å². The fraction of sp³-hybridized carbons (Fsp3) is 0.478. The van der Waals surface area contributed by atoms with Crippen molar-refractivity contribution in [3.63, 3.8) is 0 Å². The Balaban J connectivity index is 2.48. The van der Waals surface area contributed by atoms with Crippen molar-refractivity contribution in [1.29, 1.82) is 0 Å². The first kappa shape index (κ1) is 28.2. The summed E-state index contributed by atoms with van der Waals surface area (Å²) in [6.45, 7) is 5.11. The molecule has 13 nitrogen and oxygen atoms in total. The van der Waals surface area contributed by atoms with Crippen LogP contribution in [-0.2, 0) is 52.4 Å². The number of esters is 5. The number of benzene rings is 1. The van der Waals surface area contributed by atoms with Crippen LogP contribution in [0, 0.1) is 0 Å². The first-order valence-electron chi connectivity index (χ1n) is 10.8. The third-order valence-corrected chi connectivity index (χ3v) is 4.63. The molecule has 0 aliphatic carbocycles. The summed E-state index contributed by atoms with van der Waals surface area (Å²) < 4.78 is 31.9. The van der Waals surface area contributed by atoms with Crippen LogP contribution >= 0.6 is 0 Å². The molecule has 1 aromatic rings. The van der Waals surface area contributed by atoms with Crippen molar-refractivity contribution in [2.45, 2.75) is 65.3 Å². The minimum absolute atomic E-state index is 0.0550. The maximum Gasteiger partial charge on any atom is 0.342 e. The maximum absolute atomic E-state index is 13.0. The highest BCUT2D eigenvalue weighted by Gasteiger charge is 2.53. The fourth-order valence-corrected chi connectivity index (χ4v) is 3.41. The first-order valence-corrected chi connectivity index (χ1v) is 10.8. The summed E-state index contributed by atoms with van der Waals surface area (Å²) in [5.74, 6) is -4.59. The van der Waals surface area contributed by atoms with Crippen LogP contribution < -0.4 is 5.32 Å². The number of amides is 1. The molecule has 0 spiro atoms. The molecule has 1 aromatic carbocycles. The minimum Gasteiger partial charge on any atom is -0.463 e. The Hall–Kier alpha value is -4.00. The highest BCUT2D eigenvalue weighted by molar-refractivity contribution is 6.00. The van der Waals surface area contributed by atoms with E-state index < -0.39 is 73.1 Å². The Morgan fingerprint density at radius 2 is 1.31 bits per heavy atom. The van der Waals surface area contributed by atoms with Crippen LogP contribution in [0.3, 0.4) is 0 Å². The molecule has 0 radical (unpaired) electrons. The van der Waals surface area contributed by atoms with Crippen molar-refractivity contribution in [2.75, 3.05) is 11.9 Å². The standard InChI is InChI=1S/C23H27NO12/c1-11(25)24-17-9-7-6-8-16(17)22(30)36-23-21(34-15(5)29)20(33-14(4)28)19(32-13(3)27)18(35-23)10-31-12(2)26/h6-9,18-21,23H,10H2,1-5H3,(H,24,25)/t18-,19-,20+,21-,23-/m1/s1. The Kier molecular flexibility index (Phi) is 9.91. The van der Waals surface area contributed by atoms with Crippen molar-refractivity contribution in [3.8, 4) is 0 Å². The van der Waals surface area contributed by atoms with Crippen molar-refractivity contribution < 1.29 is 57.2 Å². The quantitative estimate of drug-likeness (QED) is 0.388. The zero-order valence-corrected chi connectivity index (χ0v) is 20.3. The van der Waals surface area contributed by atoms with E-state index in [4.69, 9.17) is 28.4 Å². The highest BCUT2D eigenvalue weighted by atomic mass is 16.7. The molecule has 1 aliphatic heterocycles. The van der Waals surface area contributed by atoms with Crippen LogP contribution in [0.1, 0.15) is 45.0 Å². The molecule has 1 saturated heterocycles. The second kappa shape index (κ2) is 12.6. The molecule has 1 N–H and O–H groups in total. The van der Waals surface area contributed by atoms with Gasteiger partial charge in [-0.3, -0.25) is 24.0 Å². The van der Waals surface area contributed by atoms with Gasteiger partial charge in [0.05, 0.1) is 11.3 Å². The van der Waals surface area contributed by atoms with E-state index in [1.54, 1.807) is 6.07 Å². The number of nitrogens with one attached hydrogen (secondary N) is 1. The van der Waals surface area contributed by atoms with Crippen molar-refractivity contribution >= 4 is 41.4 Å². The van der Waals surface area contributed by atoms with E-state index in [0.29, 0.717) is 0 Å². The monoisotopic (exact) mass is 509 g/mol. The number of hydrogen-bond donors (Lipinski definition) is 1. The zero-order chi connectivity index (χ0) is 27.0. The molecule has 0 unspecified atom stereocenters. The summed E-state index contributed by atoms with van der Waals surface area (Å²) in [6.07, 6.45) is -7.42. The smallest absolute Gasteiger partial charge is 0.342 e. The minimum atomic E-state index is -1.69. The summed E-state index contributed by atoms with van der Waals surface area (Å²) in [4.78, 5) is 71.4. The maximum atomic E-state index is 13.0. The summed E-state index contributed by atoms with van der Waals surface area (Å²) >= 11 is 0. The van der Waals surface area contributed by atoms with Gasteiger partial charge in [-0.05, 0) is 12.1 Å². The van der Waals surface area contributed by atoms with Crippen LogP contribution in [0.5, 0.6) is 0 Å². The van der Waals surface area contributed by atoms with Crippen LogP contribution in [0.25, 0.3) is 0 Å². The largest absolute Gasteiger partial charge is 0.463 e. The Morgan fingerprint density at radius 3 is 1.86 bits per heavy atom. The molecule has 1 amide bonds. The highest BCUT2D eigenvalue weighted by Crippen LogP contribution is 2.31. The van der Waals surface area contributed by atoms with E-state index >= 15 is 0 Å². The van der Waals surface area contributed by atoms with Crippen molar-refractivity contribution in [2.24, 2.45) is 0 Å². The zero-order valence-electron chi connectivity index (χ0n) is 20.3. The molecule has 1 fully saturated rings. The van der Waals surface area contributed by atoms with Gasteiger partial charge in [0.2, 0.25) is 18.3 Å². The van der Waals surface area contributed by atoms with Gasteiger partial charge in [0.25, 0.3) is 0 Å². The van der Waals surface area contributed by atoms with E-state index in [-0.39, 0.29) is 11.3 Å². The topological polar surface area (TPSA) is 170 Å². The lowest BCUT2D eigenvalue weighted by Crippen LogP contribution is -2.63. The Labute approximate surface area is 206 Å². The summed E-state index contributed by atoms with van der Waals surface area (Å²) in [5.41, 5.74) is 0.0844. The number of para-hydroxylation sites is 1. The van der Waals surface area contributed by atoms with E-state index in [0.717, 1.165) is 27.7 Å². The second-order valence-corrected chi connectivity index (χ2v) is 7.70. The SMILES string of the molecule is CC(=O)Nc1ccccc1C(=O)O[C@H]1O[C@H](COC(C)=O)[C@@H](OC(C)=O)[C@H](OC(C)=O)[C@H]1OC(C)=O. The first-order chi connectivity index (χ1) is 16.9. The average molecular weight is 509 g/mol. The molecule has 36 heavy (non-hydrogen) atoms. The Morgan fingerprint density at radius 1 is 0.750 bits per heavy atom. The summed E-state index contributed by atoms with van der Waals surface area (Å²) in [7, 11) is 0. The van der Waals surface area contributed by atoms with Gasteiger partial charge in [0, 0.05) is 34.6 Å². The molecule has 0 aromatic heterocycles. The van der Waals surface area contributed by atoms with Gasteiger partial charge >= 0.3 is 29.8 Å². The molecular formula is C23H27NO12. The molecular weight excluding hydrogens is 482 g/mol. The normalized spacial score (nSPS) is 23.0. The predicted molar refractivity (Wildman–Crippen MR) is 118 cm³/mol. The fourth-order valence-electron chi connectivity index (χ4n) is 3.41. The molecule has 0 saturated carbocycles. The number of carbonyl (C=O) groups excluding carboxylic acids is 6. The molecule has 0 bridgehead atoms. The number of rotatable bonds is 8. The predicted octanol–water partition coefficient (Wildman–Crippen LogP) is 0.885. The number of carbonyl (C=O) groups is 6. The van der Waals surface area contributed by atoms with Crippen molar-refractivity contribution in [3.05, 3.63) is 29.8 Å². The Bertz CT molecular complexity index is 1020. The van der Waals surface area contributed by atoms with Gasteiger partial charge in [-0.1, -0.05) is 12.1 Å². The second-order valence-electron chi connectivity index (χ2n) is 7.70. The number of hydrogen-bond acceptors (Lipinski definition) is 12. The van der Waals surface area contributed by atoms with Crippen LogP contribution in [0.15, 0.2) is 24.3 Å². The van der Waals surface area contributed by atoms with E-state index in [9.17, 15) is 28.8 Å². The van der Waals surface area contributed by atoms with Crippen LogP contribution in [0.4, 0.5) is 5.69 Å². The van der Waals surface area contributed by atoms with Crippen molar-refractivity contribution in [1.82, 2.24) is 0 Å². The van der Waals surface area contributed by atoms with Gasteiger partial charge < -0.3 is 33.7 Å². The van der Waals surface area contributed by atoms with Gasteiger partial charge in [-0.2, -0.15) is 0 Å². The van der Waals surface area contributed by atoms with Gasteiger partial charge in [-0.25, -0.2) is 4.79 Å². The number of ether oxygens (including phenoxy) is 6. The van der Waals surface area contributed by atoms with E-state index in [2.05, 4.69) is 5.32 Å². The van der Waals surface area contributed by atoms with E-state index in [1.807, 2.05) is 0 Å². The lowest BCUT2D eigenvalue weighted by Gasteiger charge is -2.43.